The van der Waals surface area contributed by atoms with Crippen LogP contribution < -0.4 is 0 Å². The summed E-state index contributed by atoms with van der Waals surface area (Å²) in [6, 6.07) is 8.29. The SMILES string of the molecule is CC1CCN(C(=O)c2ccc(CN3CCCCC3)cc2)CC1. The lowest BCUT2D eigenvalue weighted by Crippen LogP contribution is -2.37. The first-order chi connectivity index (χ1) is 10.7. The molecule has 2 aliphatic rings. The Bertz CT molecular complexity index is 483. The highest BCUT2D eigenvalue weighted by molar-refractivity contribution is 5.94. The molecule has 1 amide bonds. The van der Waals surface area contributed by atoms with Crippen LogP contribution in [0.1, 0.15) is 54.9 Å². The molecule has 0 bridgehead atoms. The first-order valence-electron chi connectivity index (χ1n) is 8.83. The number of likely N-dealkylation sites (tertiary alicyclic amines) is 2. The van der Waals surface area contributed by atoms with Crippen LogP contribution in [0, 0.1) is 5.92 Å². The summed E-state index contributed by atoms with van der Waals surface area (Å²) in [6.45, 7) is 7.55. The van der Waals surface area contributed by atoms with E-state index in [4.69, 9.17) is 0 Å². The molecule has 3 heteroatoms. The monoisotopic (exact) mass is 300 g/mol. The van der Waals surface area contributed by atoms with E-state index in [0.717, 1.165) is 44.0 Å². The van der Waals surface area contributed by atoms with E-state index in [1.165, 1.54) is 37.9 Å². The maximum Gasteiger partial charge on any atom is 0.253 e. The highest BCUT2D eigenvalue weighted by Crippen LogP contribution is 2.19. The Labute approximate surface area is 134 Å². The van der Waals surface area contributed by atoms with Crippen LogP contribution in [0.5, 0.6) is 0 Å². The molecule has 3 nitrogen and oxygen atoms in total. The van der Waals surface area contributed by atoms with Gasteiger partial charge in [-0.15, -0.1) is 0 Å². The molecule has 2 aliphatic heterocycles. The number of benzene rings is 1. The molecule has 0 atom stereocenters. The van der Waals surface area contributed by atoms with Gasteiger partial charge in [-0.05, 0) is 62.4 Å². The number of nitrogens with zero attached hydrogens (tertiary/aromatic N) is 2. The summed E-state index contributed by atoms with van der Waals surface area (Å²) in [4.78, 5) is 17.1. The minimum Gasteiger partial charge on any atom is -0.339 e. The number of amides is 1. The Kier molecular flexibility index (Phi) is 5.14. The third kappa shape index (κ3) is 3.89. The summed E-state index contributed by atoms with van der Waals surface area (Å²) in [5, 5.41) is 0. The van der Waals surface area contributed by atoms with E-state index in [1.807, 2.05) is 17.0 Å². The minimum atomic E-state index is 0.205. The van der Waals surface area contributed by atoms with Crippen LogP contribution in [0.2, 0.25) is 0 Å². The highest BCUT2D eigenvalue weighted by Gasteiger charge is 2.21. The molecule has 0 saturated carbocycles. The molecule has 2 heterocycles. The van der Waals surface area contributed by atoms with Crippen molar-refractivity contribution < 1.29 is 4.79 Å². The molecule has 120 valence electrons. The van der Waals surface area contributed by atoms with Crippen molar-refractivity contribution in [3.63, 3.8) is 0 Å². The zero-order chi connectivity index (χ0) is 15.4. The molecular weight excluding hydrogens is 272 g/mol. The molecule has 2 fully saturated rings. The first-order valence-corrected chi connectivity index (χ1v) is 8.83. The Morgan fingerprint density at radius 2 is 1.64 bits per heavy atom. The van der Waals surface area contributed by atoms with Crippen LogP contribution in [-0.4, -0.2) is 41.9 Å². The normalized spacial score (nSPS) is 21.0. The van der Waals surface area contributed by atoms with E-state index in [9.17, 15) is 4.79 Å². The van der Waals surface area contributed by atoms with Gasteiger partial charge in [-0.3, -0.25) is 9.69 Å². The molecule has 1 aromatic carbocycles. The van der Waals surface area contributed by atoms with Gasteiger partial charge in [-0.1, -0.05) is 25.5 Å². The van der Waals surface area contributed by atoms with Crippen molar-refractivity contribution in [1.29, 1.82) is 0 Å². The molecule has 1 aromatic rings. The molecule has 3 rings (SSSR count). The quantitative estimate of drug-likeness (QED) is 0.852. The maximum absolute atomic E-state index is 12.5. The van der Waals surface area contributed by atoms with Gasteiger partial charge in [0.2, 0.25) is 0 Å². The summed E-state index contributed by atoms with van der Waals surface area (Å²) < 4.78 is 0. The summed E-state index contributed by atoms with van der Waals surface area (Å²) >= 11 is 0. The van der Waals surface area contributed by atoms with E-state index >= 15 is 0 Å². The van der Waals surface area contributed by atoms with Gasteiger partial charge in [-0.2, -0.15) is 0 Å². The lowest BCUT2D eigenvalue weighted by Gasteiger charge is -2.30. The van der Waals surface area contributed by atoms with Crippen molar-refractivity contribution in [1.82, 2.24) is 9.80 Å². The second-order valence-electron chi connectivity index (χ2n) is 7.01. The number of hydrogen-bond donors (Lipinski definition) is 0. The van der Waals surface area contributed by atoms with E-state index < -0.39 is 0 Å². The average Bonchev–Trinajstić information content (AvgIpc) is 2.57. The number of rotatable bonds is 3. The standard InChI is InChI=1S/C19H28N2O/c1-16-9-13-21(14-10-16)19(22)18-7-5-17(6-8-18)15-20-11-3-2-4-12-20/h5-8,16H,2-4,9-15H2,1H3. The fourth-order valence-corrected chi connectivity index (χ4v) is 3.52. The Morgan fingerprint density at radius 1 is 1.00 bits per heavy atom. The fraction of sp³-hybridized carbons (Fsp3) is 0.632. The van der Waals surface area contributed by atoms with Crippen molar-refractivity contribution in [2.45, 2.75) is 45.6 Å². The van der Waals surface area contributed by atoms with E-state index in [0.29, 0.717) is 0 Å². The van der Waals surface area contributed by atoms with E-state index in [2.05, 4.69) is 24.0 Å². The van der Waals surface area contributed by atoms with E-state index in [-0.39, 0.29) is 5.91 Å². The van der Waals surface area contributed by atoms with Gasteiger partial charge in [0.1, 0.15) is 0 Å². The third-order valence-corrected chi connectivity index (χ3v) is 5.13. The predicted molar refractivity (Wildman–Crippen MR) is 89.9 cm³/mol. The van der Waals surface area contributed by atoms with Gasteiger partial charge in [0.05, 0.1) is 0 Å². The van der Waals surface area contributed by atoms with Gasteiger partial charge < -0.3 is 4.90 Å². The van der Waals surface area contributed by atoms with Crippen molar-refractivity contribution in [2.75, 3.05) is 26.2 Å². The molecule has 0 spiro atoms. The second kappa shape index (κ2) is 7.28. The predicted octanol–water partition coefficient (Wildman–Crippen LogP) is 3.54. The molecule has 0 aromatic heterocycles. The van der Waals surface area contributed by atoms with Crippen LogP contribution >= 0.6 is 0 Å². The Morgan fingerprint density at radius 3 is 2.27 bits per heavy atom. The molecule has 2 saturated heterocycles. The van der Waals surface area contributed by atoms with Crippen LogP contribution in [-0.2, 0) is 6.54 Å². The maximum atomic E-state index is 12.5. The Hall–Kier alpha value is -1.35. The minimum absolute atomic E-state index is 0.205. The number of carbonyl (C=O) groups excluding carboxylic acids is 1. The van der Waals surface area contributed by atoms with Crippen molar-refractivity contribution in [3.05, 3.63) is 35.4 Å². The van der Waals surface area contributed by atoms with Gasteiger partial charge in [-0.25, -0.2) is 0 Å². The summed E-state index contributed by atoms with van der Waals surface area (Å²) in [6.07, 6.45) is 6.30. The summed E-state index contributed by atoms with van der Waals surface area (Å²) in [5.41, 5.74) is 2.17. The van der Waals surface area contributed by atoms with E-state index in [1.54, 1.807) is 0 Å². The molecule has 0 N–H and O–H groups in total. The van der Waals surface area contributed by atoms with Crippen molar-refractivity contribution in [3.8, 4) is 0 Å². The highest BCUT2D eigenvalue weighted by atomic mass is 16.2. The van der Waals surface area contributed by atoms with Crippen LogP contribution in [0.4, 0.5) is 0 Å². The first kappa shape index (κ1) is 15.5. The molecular formula is C19H28N2O. The number of piperidine rings is 2. The summed E-state index contributed by atoms with van der Waals surface area (Å²) in [7, 11) is 0. The molecule has 0 radical (unpaired) electrons. The van der Waals surface area contributed by atoms with Gasteiger partial charge >= 0.3 is 0 Å². The molecule has 0 unspecified atom stereocenters. The third-order valence-electron chi connectivity index (χ3n) is 5.13. The topological polar surface area (TPSA) is 23.6 Å². The second-order valence-corrected chi connectivity index (χ2v) is 7.01. The van der Waals surface area contributed by atoms with Gasteiger partial charge in [0.15, 0.2) is 0 Å². The summed E-state index contributed by atoms with van der Waals surface area (Å²) in [5.74, 6) is 0.965. The van der Waals surface area contributed by atoms with Crippen LogP contribution in [0.3, 0.4) is 0 Å². The van der Waals surface area contributed by atoms with Crippen molar-refractivity contribution in [2.24, 2.45) is 5.92 Å². The van der Waals surface area contributed by atoms with Gasteiger partial charge in [0.25, 0.3) is 5.91 Å². The fourth-order valence-electron chi connectivity index (χ4n) is 3.52. The smallest absolute Gasteiger partial charge is 0.253 e. The zero-order valence-corrected chi connectivity index (χ0v) is 13.8. The van der Waals surface area contributed by atoms with Gasteiger partial charge in [0, 0.05) is 25.2 Å². The molecule has 22 heavy (non-hydrogen) atoms. The lowest BCUT2D eigenvalue weighted by molar-refractivity contribution is 0.0697. The Balaban J connectivity index is 1.57. The van der Waals surface area contributed by atoms with Crippen LogP contribution in [0.25, 0.3) is 0 Å². The molecule has 0 aliphatic carbocycles. The average molecular weight is 300 g/mol. The van der Waals surface area contributed by atoms with Crippen molar-refractivity contribution >= 4 is 5.91 Å². The van der Waals surface area contributed by atoms with Crippen LogP contribution in [0.15, 0.2) is 24.3 Å². The number of carbonyl (C=O) groups is 1. The zero-order valence-electron chi connectivity index (χ0n) is 13.8. The largest absolute Gasteiger partial charge is 0.339 e. The lowest BCUT2D eigenvalue weighted by atomic mass is 9.98. The number of hydrogen-bond acceptors (Lipinski definition) is 2.